The molecule has 0 aliphatic carbocycles. The van der Waals surface area contributed by atoms with Crippen molar-refractivity contribution in [3.63, 3.8) is 0 Å². The molecule has 0 unspecified atom stereocenters. The fourth-order valence-electron chi connectivity index (χ4n) is 1.85. The highest BCUT2D eigenvalue weighted by Gasteiger charge is 2.07. The Labute approximate surface area is 113 Å². The predicted molar refractivity (Wildman–Crippen MR) is 74.9 cm³/mol. The zero-order valence-corrected chi connectivity index (χ0v) is 11.0. The first-order chi connectivity index (χ1) is 9.20. The second kappa shape index (κ2) is 6.14. The first-order valence-corrected chi connectivity index (χ1v) is 6.48. The molecule has 100 valence electrons. The van der Waals surface area contributed by atoms with Crippen LogP contribution in [0.4, 0.5) is 0 Å². The summed E-state index contributed by atoms with van der Waals surface area (Å²) in [6, 6.07) is 12.1. The van der Waals surface area contributed by atoms with Crippen LogP contribution in [0.1, 0.15) is 25.3 Å². The maximum absolute atomic E-state index is 9.94. The van der Waals surface area contributed by atoms with Crippen LogP contribution in [0.5, 0.6) is 23.0 Å². The van der Waals surface area contributed by atoms with E-state index in [-0.39, 0.29) is 11.5 Å². The Kier molecular flexibility index (Phi) is 4.29. The van der Waals surface area contributed by atoms with Crippen LogP contribution in [-0.2, 0) is 6.42 Å². The molecule has 0 bridgehead atoms. The molecule has 3 heteroatoms. The lowest BCUT2D eigenvalue weighted by Gasteiger charge is -2.10. The summed E-state index contributed by atoms with van der Waals surface area (Å²) in [5.41, 5.74) is 1.09. The van der Waals surface area contributed by atoms with E-state index in [0.717, 1.165) is 24.8 Å². The molecule has 19 heavy (non-hydrogen) atoms. The van der Waals surface area contributed by atoms with Crippen molar-refractivity contribution in [1.29, 1.82) is 0 Å². The molecule has 0 amide bonds. The number of rotatable bonds is 5. The normalized spacial score (nSPS) is 10.4. The number of hydrogen-bond donors (Lipinski definition) is 2. The first kappa shape index (κ1) is 13.3. The lowest BCUT2D eigenvalue weighted by Crippen LogP contribution is -1.88. The maximum atomic E-state index is 9.94. The van der Waals surface area contributed by atoms with Crippen molar-refractivity contribution in [2.75, 3.05) is 0 Å². The Balaban J connectivity index is 2.15. The Morgan fingerprint density at radius 2 is 1.68 bits per heavy atom. The van der Waals surface area contributed by atoms with Gasteiger partial charge in [0.15, 0.2) is 23.0 Å². The molecule has 0 fully saturated rings. The van der Waals surface area contributed by atoms with Crippen molar-refractivity contribution >= 4 is 0 Å². The van der Waals surface area contributed by atoms with E-state index < -0.39 is 0 Å². The summed E-state index contributed by atoms with van der Waals surface area (Å²) in [5.74, 6) is 0.828. The molecule has 0 aromatic heterocycles. The second-order valence-electron chi connectivity index (χ2n) is 4.48. The molecule has 0 saturated heterocycles. The number of phenolic OH excluding ortho intramolecular Hbond substituents is 2. The van der Waals surface area contributed by atoms with Gasteiger partial charge in [0, 0.05) is 0 Å². The highest BCUT2D eigenvalue weighted by molar-refractivity contribution is 5.47. The monoisotopic (exact) mass is 258 g/mol. The molecule has 0 aliphatic heterocycles. The zero-order chi connectivity index (χ0) is 13.7. The third-order valence-corrected chi connectivity index (χ3v) is 2.93. The Morgan fingerprint density at radius 3 is 2.37 bits per heavy atom. The highest BCUT2D eigenvalue weighted by Crippen LogP contribution is 2.35. The third kappa shape index (κ3) is 3.41. The molecule has 0 atom stereocenters. The van der Waals surface area contributed by atoms with Gasteiger partial charge < -0.3 is 14.9 Å². The number of phenols is 2. The number of para-hydroxylation sites is 2. The van der Waals surface area contributed by atoms with Crippen LogP contribution in [0, 0.1) is 0 Å². The molecule has 3 nitrogen and oxygen atoms in total. The van der Waals surface area contributed by atoms with Crippen LogP contribution in [0.15, 0.2) is 42.5 Å². The Bertz CT molecular complexity index is 549. The van der Waals surface area contributed by atoms with Gasteiger partial charge in [0.05, 0.1) is 0 Å². The van der Waals surface area contributed by atoms with Gasteiger partial charge in [-0.15, -0.1) is 0 Å². The van der Waals surface area contributed by atoms with Gasteiger partial charge >= 0.3 is 0 Å². The van der Waals surface area contributed by atoms with E-state index in [0.29, 0.717) is 11.5 Å². The molecule has 0 spiro atoms. The van der Waals surface area contributed by atoms with Gasteiger partial charge in [-0.25, -0.2) is 0 Å². The van der Waals surface area contributed by atoms with Crippen LogP contribution in [0.2, 0.25) is 0 Å². The molecule has 0 radical (unpaired) electrons. The van der Waals surface area contributed by atoms with E-state index in [2.05, 4.69) is 6.92 Å². The van der Waals surface area contributed by atoms with Gasteiger partial charge in [0.1, 0.15) is 0 Å². The lowest BCUT2D eigenvalue weighted by molar-refractivity contribution is 0.385. The van der Waals surface area contributed by atoms with E-state index in [1.165, 1.54) is 0 Å². The van der Waals surface area contributed by atoms with Crippen molar-refractivity contribution in [3.8, 4) is 23.0 Å². The third-order valence-electron chi connectivity index (χ3n) is 2.93. The number of benzene rings is 2. The quantitative estimate of drug-likeness (QED) is 0.843. The summed E-state index contributed by atoms with van der Waals surface area (Å²) in [6.45, 7) is 2.13. The number of hydrogen-bond acceptors (Lipinski definition) is 3. The molecule has 2 rings (SSSR count). The molecule has 0 saturated carbocycles. The Hall–Kier alpha value is -2.16. The van der Waals surface area contributed by atoms with Gasteiger partial charge in [0.25, 0.3) is 0 Å². The van der Waals surface area contributed by atoms with Crippen LogP contribution >= 0.6 is 0 Å². The standard InChI is InChI=1S/C16H18O3/c1-2-3-6-12-9-10-16(14(18)11-12)19-15-8-5-4-7-13(15)17/h4-5,7-11,17-18H,2-3,6H2,1H3. The van der Waals surface area contributed by atoms with Gasteiger partial charge in [0.2, 0.25) is 0 Å². The van der Waals surface area contributed by atoms with Crippen molar-refractivity contribution < 1.29 is 14.9 Å². The lowest BCUT2D eigenvalue weighted by atomic mass is 10.1. The largest absolute Gasteiger partial charge is 0.504 e. The van der Waals surface area contributed by atoms with Crippen molar-refractivity contribution in [1.82, 2.24) is 0 Å². The highest BCUT2D eigenvalue weighted by atomic mass is 16.5. The Morgan fingerprint density at radius 1 is 0.947 bits per heavy atom. The summed E-state index contributed by atoms with van der Waals surface area (Å²) in [4.78, 5) is 0. The van der Waals surface area contributed by atoms with Crippen LogP contribution in [0.3, 0.4) is 0 Å². The summed E-state index contributed by atoms with van der Waals surface area (Å²) in [7, 11) is 0. The van der Waals surface area contributed by atoms with Crippen LogP contribution in [0.25, 0.3) is 0 Å². The van der Waals surface area contributed by atoms with E-state index in [1.807, 2.05) is 6.07 Å². The molecule has 2 N–H and O–H groups in total. The number of ether oxygens (including phenoxy) is 1. The zero-order valence-electron chi connectivity index (χ0n) is 11.0. The summed E-state index contributed by atoms with van der Waals surface area (Å²) in [6.07, 6.45) is 3.16. The van der Waals surface area contributed by atoms with E-state index >= 15 is 0 Å². The molecular formula is C16H18O3. The molecule has 2 aromatic carbocycles. The smallest absolute Gasteiger partial charge is 0.169 e. The summed E-state index contributed by atoms with van der Waals surface area (Å²) < 4.78 is 5.50. The molecule has 0 aliphatic rings. The fourth-order valence-corrected chi connectivity index (χ4v) is 1.85. The molecule has 0 heterocycles. The topological polar surface area (TPSA) is 49.7 Å². The van der Waals surface area contributed by atoms with Gasteiger partial charge in [-0.3, -0.25) is 0 Å². The molecular weight excluding hydrogens is 240 g/mol. The molecule has 2 aromatic rings. The summed E-state index contributed by atoms with van der Waals surface area (Å²) >= 11 is 0. The predicted octanol–water partition coefficient (Wildman–Crippen LogP) is 4.23. The number of aromatic hydroxyl groups is 2. The van der Waals surface area contributed by atoms with Gasteiger partial charge in [-0.1, -0.05) is 31.5 Å². The van der Waals surface area contributed by atoms with Crippen molar-refractivity contribution in [3.05, 3.63) is 48.0 Å². The average molecular weight is 258 g/mol. The minimum Gasteiger partial charge on any atom is -0.504 e. The van der Waals surface area contributed by atoms with Crippen LogP contribution in [-0.4, -0.2) is 10.2 Å². The maximum Gasteiger partial charge on any atom is 0.169 e. The van der Waals surface area contributed by atoms with Crippen molar-refractivity contribution in [2.45, 2.75) is 26.2 Å². The van der Waals surface area contributed by atoms with E-state index in [4.69, 9.17) is 4.74 Å². The fraction of sp³-hybridized carbons (Fsp3) is 0.250. The first-order valence-electron chi connectivity index (χ1n) is 6.48. The van der Waals surface area contributed by atoms with Crippen LogP contribution < -0.4 is 4.74 Å². The number of unbranched alkanes of at least 4 members (excludes halogenated alkanes) is 1. The van der Waals surface area contributed by atoms with E-state index in [9.17, 15) is 10.2 Å². The number of aryl methyl sites for hydroxylation is 1. The minimum absolute atomic E-state index is 0.0527. The minimum atomic E-state index is 0.0527. The summed E-state index contributed by atoms with van der Waals surface area (Å²) in [5, 5.41) is 19.6. The van der Waals surface area contributed by atoms with Gasteiger partial charge in [-0.2, -0.15) is 0 Å². The van der Waals surface area contributed by atoms with Crippen molar-refractivity contribution in [2.24, 2.45) is 0 Å². The second-order valence-corrected chi connectivity index (χ2v) is 4.48. The van der Waals surface area contributed by atoms with E-state index in [1.54, 1.807) is 36.4 Å². The average Bonchev–Trinajstić information content (AvgIpc) is 2.41. The van der Waals surface area contributed by atoms with Gasteiger partial charge in [-0.05, 0) is 42.7 Å². The SMILES string of the molecule is CCCCc1ccc(Oc2ccccc2O)c(O)c1.